The maximum Gasteiger partial charge on any atom is 0.573 e. The zero-order valence-corrected chi connectivity index (χ0v) is 16.6. The number of rotatable bonds is 1. The first kappa shape index (κ1) is 23.9. The molecule has 0 aliphatic carbocycles. The Labute approximate surface area is 161 Å². The molecule has 0 N–H and O–H groups in total. The summed E-state index contributed by atoms with van der Waals surface area (Å²) in [5.74, 6) is -2.73. The van der Waals surface area contributed by atoms with Gasteiger partial charge in [0.2, 0.25) is 0 Å². The van der Waals surface area contributed by atoms with Crippen LogP contribution in [0.3, 0.4) is 0 Å². The normalized spacial score (nSPS) is 12.3. The highest BCUT2D eigenvalue weighted by Crippen LogP contribution is 2.28. The van der Waals surface area contributed by atoms with Crippen LogP contribution in [0.25, 0.3) is 0 Å². The molecular formula is C21H24F6O. The van der Waals surface area contributed by atoms with E-state index in [2.05, 4.69) is 4.74 Å². The molecular weight excluding hydrogens is 382 g/mol. The van der Waals surface area contributed by atoms with Crippen molar-refractivity contribution in [3.8, 4) is 5.75 Å². The summed E-state index contributed by atoms with van der Waals surface area (Å²) in [6.07, 6.45) is -4.62. The van der Waals surface area contributed by atoms with E-state index >= 15 is 0 Å². The Kier molecular flexibility index (Phi) is 7.20. The Morgan fingerprint density at radius 3 is 1.43 bits per heavy atom. The molecule has 0 bridgehead atoms. The van der Waals surface area contributed by atoms with E-state index in [1.807, 2.05) is 20.8 Å². The van der Waals surface area contributed by atoms with E-state index in [9.17, 15) is 26.3 Å². The van der Waals surface area contributed by atoms with Crippen LogP contribution >= 0.6 is 0 Å². The maximum absolute atomic E-state index is 13.1. The van der Waals surface area contributed by atoms with Gasteiger partial charge in [0.05, 0.1) is 0 Å². The Morgan fingerprint density at radius 1 is 0.679 bits per heavy atom. The minimum absolute atomic E-state index is 0.0727. The standard InChI is InChI=1S/C11H13F3O.C10H11F3/c1-10(2,3)8-4-6-9(7-5-8)15-11(12,13)14;1-10(2,3)9-7(12)4-6(11)5-8(9)13/h4-7H,1-3H3;4-5H,1-3H3. The maximum atomic E-state index is 13.1. The first-order valence-corrected chi connectivity index (χ1v) is 8.52. The topological polar surface area (TPSA) is 9.23 Å². The van der Waals surface area contributed by atoms with Crippen LogP contribution in [-0.2, 0) is 10.8 Å². The van der Waals surface area contributed by atoms with Gasteiger partial charge in [-0.3, -0.25) is 0 Å². The Morgan fingerprint density at radius 2 is 1.11 bits per heavy atom. The number of alkyl halides is 3. The Bertz CT molecular complexity index is 758. The molecule has 0 amide bonds. The monoisotopic (exact) mass is 406 g/mol. The molecule has 0 saturated heterocycles. The lowest BCUT2D eigenvalue weighted by Crippen LogP contribution is -2.17. The van der Waals surface area contributed by atoms with Crippen LogP contribution < -0.4 is 4.74 Å². The van der Waals surface area contributed by atoms with Crippen molar-refractivity contribution in [2.24, 2.45) is 0 Å². The summed E-state index contributed by atoms with van der Waals surface area (Å²) in [6.45, 7) is 11.0. The van der Waals surface area contributed by atoms with Crippen LogP contribution in [0.5, 0.6) is 5.75 Å². The van der Waals surface area contributed by atoms with Crippen LogP contribution in [0, 0.1) is 17.5 Å². The molecule has 2 aromatic rings. The Hall–Kier alpha value is -2.18. The summed E-state index contributed by atoms with van der Waals surface area (Å²) < 4.78 is 78.1. The second-order valence-corrected chi connectivity index (χ2v) is 8.32. The van der Waals surface area contributed by atoms with E-state index in [4.69, 9.17) is 0 Å². The largest absolute Gasteiger partial charge is 0.573 e. The van der Waals surface area contributed by atoms with Crippen LogP contribution in [0.1, 0.15) is 52.7 Å². The molecule has 0 radical (unpaired) electrons. The minimum Gasteiger partial charge on any atom is -0.406 e. The predicted octanol–water partition coefficient (Wildman–Crippen LogP) is 7.28. The van der Waals surface area contributed by atoms with Crippen LogP contribution in [-0.4, -0.2) is 6.36 Å². The van der Waals surface area contributed by atoms with Crippen molar-refractivity contribution >= 4 is 0 Å². The fraction of sp³-hybridized carbons (Fsp3) is 0.429. The second-order valence-electron chi connectivity index (χ2n) is 8.32. The van der Waals surface area contributed by atoms with Gasteiger partial charge in [-0.15, -0.1) is 13.2 Å². The van der Waals surface area contributed by atoms with Gasteiger partial charge in [-0.2, -0.15) is 0 Å². The average molecular weight is 406 g/mol. The molecule has 0 unspecified atom stereocenters. The van der Waals surface area contributed by atoms with Gasteiger partial charge in [0, 0.05) is 17.7 Å². The molecule has 0 aromatic heterocycles. The van der Waals surface area contributed by atoms with E-state index < -0.39 is 29.2 Å². The molecule has 7 heteroatoms. The zero-order valence-electron chi connectivity index (χ0n) is 16.6. The summed E-state index contributed by atoms with van der Waals surface area (Å²) in [6, 6.07) is 7.33. The number of hydrogen-bond acceptors (Lipinski definition) is 1. The number of ether oxygens (including phenoxy) is 1. The van der Waals surface area contributed by atoms with E-state index in [1.165, 1.54) is 12.1 Å². The summed E-state index contributed by atoms with van der Waals surface area (Å²) in [7, 11) is 0. The van der Waals surface area contributed by atoms with Gasteiger partial charge in [-0.1, -0.05) is 53.7 Å². The number of halogens is 6. The van der Waals surface area contributed by atoms with Crippen molar-refractivity contribution in [1.29, 1.82) is 0 Å². The van der Waals surface area contributed by atoms with Gasteiger partial charge < -0.3 is 4.74 Å². The number of hydrogen-bond donors (Lipinski definition) is 0. The summed E-state index contributed by atoms with van der Waals surface area (Å²) in [5, 5.41) is 0. The highest BCUT2D eigenvalue weighted by atomic mass is 19.4. The third-order valence-electron chi connectivity index (χ3n) is 3.71. The van der Waals surface area contributed by atoms with Gasteiger partial charge in [0.1, 0.15) is 23.2 Å². The van der Waals surface area contributed by atoms with Gasteiger partial charge in [-0.25, -0.2) is 13.2 Å². The highest BCUT2D eigenvalue weighted by molar-refractivity contribution is 5.31. The van der Waals surface area contributed by atoms with E-state index in [0.717, 1.165) is 5.56 Å². The molecule has 0 fully saturated rings. The fourth-order valence-corrected chi connectivity index (χ4v) is 2.42. The summed E-state index contributed by atoms with van der Waals surface area (Å²) in [5.41, 5.74) is 0.171. The van der Waals surface area contributed by atoms with Crippen molar-refractivity contribution in [2.75, 3.05) is 0 Å². The van der Waals surface area contributed by atoms with Crippen molar-refractivity contribution in [2.45, 2.75) is 58.7 Å². The van der Waals surface area contributed by atoms with E-state index in [-0.39, 0.29) is 16.7 Å². The van der Waals surface area contributed by atoms with Crippen LogP contribution in [0.4, 0.5) is 26.3 Å². The van der Waals surface area contributed by atoms with Crippen LogP contribution in [0.2, 0.25) is 0 Å². The molecule has 1 nitrogen and oxygen atoms in total. The minimum atomic E-state index is -4.62. The molecule has 0 spiro atoms. The first-order valence-electron chi connectivity index (χ1n) is 8.52. The van der Waals surface area contributed by atoms with Gasteiger partial charge in [-0.05, 0) is 28.5 Å². The average Bonchev–Trinajstić information content (AvgIpc) is 2.42. The first-order chi connectivity index (χ1) is 12.5. The molecule has 0 aliphatic rings. The number of benzene rings is 2. The van der Waals surface area contributed by atoms with Gasteiger partial charge in [0.25, 0.3) is 0 Å². The van der Waals surface area contributed by atoms with Crippen LogP contribution in [0.15, 0.2) is 36.4 Å². The molecule has 0 atom stereocenters. The van der Waals surface area contributed by atoms with Crippen molar-refractivity contribution in [3.05, 3.63) is 65.0 Å². The van der Waals surface area contributed by atoms with E-state index in [0.29, 0.717) is 12.1 Å². The molecule has 0 saturated carbocycles. The van der Waals surface area contributed by atoms with Gasteiger partial charge >= 0.3 is 6.36 Å². The zero-order chi connectivity index (χ0) is 21.9. The third kappa shape index (κ3) is 7.44. The molecule has 156 valence electrons. The Balaban J connectivity index is 0.000000283. The summed E-state index contributed by atoms with van der Waals surface area (Å²) >= 11 is 0. The second kappa shape index (κ2) is 8.45. The SMILES string of the molecule is CC(C)(C)c1c(F)cc(F)cc1F.CC(C)(C)c1ccc(OC(F)(F)F)cc1. The lowest BCUT2D eigenvalue weighted by atomic mass is 9.86. The summed E-state index contributed by atoms with van der Waals surface area (Å²) in [4.78, 5) is 0. The molecule has 28 heavy (non-hydrogen) atoms. The lowest BCUT2D eigenvalue weighted by Gasteiger charge is -2.20. The quantitative estimate of drug-likeness (QED) is 0.452. The molecule has 0 heterocycles. The third-order valence-corrected chi connectivity index (χ3v) is 3.71. The smallest absolute Gasteiger partial charge is 0.406 e. The van der Waals surface area contributed by atoms with Gasteiger partial charge in [0.15, 0.2) is 0 Å². The fourth-order valence-electron chi connectivity index (χ4n) is 2.42. The lowest BCUT2D eigenvalue weighted by molar-refractivity contribution is -0.274. The highest BCUT2D eigenvalue weighted by Gasteiger charge is 2.31. The van der Waals surface area contributed by atoms with E-state index in [1.54, 1.807) is 32.9 Å². The molecule has 0 aliphatic heterocycles. The van der Waals surface area contributed by atoms with Crippen molar-refractivity contribution in [1.82, 2.24) is 0 Å². The van der Waals surface area contributed by atoms with Crippen molar-refractivity contribution in [3.63, 3.8) is 0 Å². The van der Waals surface area contributed by atoms with Crippen molar-refractivity contribution < 1.29 is 31.1 Å². The predicted molar refractivity (Wildman–Crippen MR) is 96.8 cm³/mol. The molecule has 2 rings (SSSR count). The molecule has 2 aromatic carbocycles.